The minimum absolute atomic E-state index is 0.0406. The molecule has 0 N–H and O–H groups in total. The van der Waals surface area contributed by atoms with Gasteiger partial charge < -0.3 is 9.64 Å². The molecule has 1 aromatic carbocycles. The van der Waals surface area contributed by atoms with Crippen LogP contribution < -0.4 is 9.64 Å². The molecule has 0 radical (unpaired) electrons. The van der Waals surface area contributed by atoms with Crippen molar-refractivity contribution in [3.8, 4) is 6.01 Å². The third-order valence-corrected chi connectivity index (χ3v) is 2.73. The SMILES string of the molecule is CCOc1nc(Cl)nc(N(C)Cc2ccccc2F)n1. The Morgan fingerprint density at radius 1 is 1.25 bits per heavy atom. The highest BCUT2D eigenvalue weighted by Crippen LogP contribution is 2.17. The number of hydrogen-bond donors (Lipinski definition) is 0. The molecule has 1 heterocycles. The Labute approximate surface area is 121 Å². The van der Waals surface area contributed by atoms with Gasteiger partial charge in [0, 0.05) is 19.2 Å². The molecule has 0 saturated heterocycles. The number of nitrogens with zero attached hydrogens (tertiary/aromatic N) is 4. The zero-order chi connectivity index (χ0) is 14.5. The molecule has 0 bridgehead atoms. The topological polar surface area (TPSA) is 51.1 Å². The number of rotatable bonds is 5. The lowest BCUT2D eigenvalue weighted by Gasteiger charge is -2.17. The molecule has 0 aliphatic carbocycles. The van der Waals surface area contributed by atoms with Crippen molar-refractivity contribution in [2.24, 2.45) is 0 Å². The first-order chi connectivity index (χ1) is 9.60. The molecular weight excluding hydrogens is 283 g/mol. The van der Waals surface area contributed by atoms with Gasteiger partial charge in [-0.2, -0.15) is 15.0 Å². The molecule has 1 aromatic heterocycles. The summed E-state index contributed by atoms with van der Waals surface area (Å²) in [5, 5.41) is 0.0406. The molecule has 0 saturated carbocycles. The van der Waals surface area contributed by atoms with E-state index in [0.29, 0.717) is 24.7 Å². The molecule has 2 rings (SSSR count). The van der Waals surface area contributed by atoms with Crippen molar-refractivity contribution in [2.45, 2.75) is 13.5 Å². The Morgan fingerprint density at radius 3 is 2.70 bits per heavy atom. The van der Waals surface area contributed by atoms with Crippen molar-refractivity contribution in [1.29, 1.82) is 0 Å². The van der Waals surface area contributed by atoms with E-state index in [-0.39, 0.29) is 17.1 Å². The smallest absolute Gasteiger partial charge is 0.322 e. The Balaban J connectivity index is 2.20. The van der Waals surface area contributed by atoms with Gasteiger partial charge in [0.1, 0.15) is 5.82 Å². The molecule has 0 unspecified atom stereocenters. The molecule has 20 heavy (non-hydrogen) atoms. The number of halogens is 2. The van der Waals surface area contributed by atoms with Crippen molar-refractivity contribution in [3.05, 3.63) is 40.9 Å². The van der Waals surface area contributed by atoms with Gasteiger partial charge in [-0.25, -0.2) is 4.39 Å². The second-order valence-electron chi connectivity index (χ2n) is 4.07. The van der Waals surface area contributed by atoms with Crippen LogP contribution in [0, 0.1) is 5.82 Å². The number of aromatic nitrogens is 3. The number of hydrogen-bond acceptors (Lipinski definition) is 5. The minimum Gasteiger partial charge on any atom is -0.464 e. The molecule has 0 spiro atoms. The first-order valence-electron chi connectivity index (χ1n) is 6.09. The molecule has 0 fully saturated rings. The normalized spacial score (nSPS) is 10.4. The molecule has 0 amide bonds. The van der Waals surface area contributed by atoms with Gasteiger partial charge in [0.05, 0.1) is 6.61 Å². The van der Waals surface area contributed by atoms with E-state index in [1.165, 1.54) is 6.07 Å². The highest BCUT2D eigenvalue weighted by Gasteiger charge is 2.12. The second-order valence-corrected chi connectivity index (χ2v) is 4.41. The lowest BCUT2D eigenvalue weighted by Crippen LogP contribution is -2.20. The Morgan fingerprint density at radius 2 is 2.00 bits per heavy atom. The van der Waals surface area contributed by atoms with Crippen LogP contribution in [-0.2, 0) is 6.54 Å². The van der Waals surface area contributed by atoms with Crippen LogP contribution in [0.15, 0.2) is 24.3 Å². The molecular formula is C13H14ClFN4O. The van der Waals surface area contributed by atoms with Crippen LogP contribution in [0.4, 0.5) is 10.3 Å². The molecule has 0 aliphatic heterocycles. The van der Waals surface area contributed by atoms with Crippen LogP contribution in [0.1, 0.15) is 12.5 Å². The van der Waals surface area contributed by atoms with Crippen LogP contribution in [0.25, 0.3) is 0 Å². The molecule has 0 aliphatic rings. The predicted octanol–water partition coefficient (Wildman–Crippen LogP) is 2.70. The third kappa shape index (κ3) is 3.54. The zero-order valence-corrected chi connectivity index (χ0v) is 11.9. The zero-order valence-electron chi connectivity index (χ0n) is 11.2. The minimum atomic E-state index is -0.274. The average Bonchev–Trinajstić information content (AvgIpc) is 2.41. The van der Waals surface area contributed by atoms with E-state index in [1.54, 1.807) is 30.1 Å². The van der Waals surface area contributed by atoms with Crippen LogP contribution in [-0.4, -0.2) is 28.6 Å². The van der Waals surface area contributed by atoms with Crippen molar-refractivity contribution in [1.82, 2.24) is 15.0 Å². The number of ether oxygens (including phenoxy) is 1. The van der Waals surface area contributed by atoms with Crippen LogP contribution in [0.2, 0.25) is 5.28 Å². The summed E-state index contributed by atoms with van der Waals surface area (Å²) in [6, 6.07) is 6.69. The fourth-order valence-electron chi connectivity index (χ4n) is 1.64. The van der Waals surface area contributed by atoms with Crippen molar-refractivity contribution < 1.29 is 9.13 Å². The van der Waals surface area contributed by atoms with Gasteiger partial charge in [-0.05, 0) is 24.6 Å². The monoisotopic (exact) mass is 296 g/mol. The molecule has 7 heteroatoms. The van der Waals surface area contributed by atoms with E-state index in [0.717, 1.165) is 0 Å². The van der Waals surface area contributed by atoms with E-state index in [2.05, 4.69) is 15.0 Å². The lowest BCUT2D eigenvalue weighted by atomic mass is 10.2. The van der Waals surface area contributed by atoms with E-state index in [9.17, 15) is 4.39 Å². The number of anilines is 1. The fourth-order valence-corrected chi connectivity index (χ4v) is 1.79. The average molecular weight is 297 g/mol. The standard InChI is InChI=1S/C13H14ClFN4O/c1-3-20-13-17-11(14)16-12(18-13)19(2)8-9-6-4-5-7-10(9)15/h4-7H,3,8H2,1-2H3. The first kappa shape index (κ1) is 14.5. The maximum absolute atomic E-state index is 13.6. The van der Waals surface area contributed by atoms with Gasteiger partial charge in [0.2, 0.25) is 11.2 Å². The van der Waals surface area contributed by atoms with Crippen molar-refractivity contribution in [3.63, 3.8) is 0 Å². The highest BCUT2D eigenvalue weighted by molar-refractivity contribution is 6.28. The maximum atomic E-state index is 13.6. The van der Waals surface area contributed by atoms with Crippen molar-refractivity contribution in [2.75, 3.05) is 18.6 Å². The van der Waals surface area contributed by atoms with Crippen molar-refractivity contribution >= 4 is 17.5 Å². The summed E-state index contributed by atoms with van der Waals surface area (Å²) in [6.07, 6.45) is 0. The van der Waals surface area contributed by atoms with Gasteiger partial charge >= 0.3 is 6.01 Å². The second kappa shape index (κ2) is 6.47. The third-order valence-electron chi connectivity index (χ3n) is 2.56. The summed E-state index contributed by atoms with van der Waals surface area (Å²) in [6.45, 7) is 2.57. The lowest BCUT2D eigenvalue weighted by molar-refractivity contribution is 0.311. The van der Waals surface area contributed by atoms with E-state index >= 15 is 0 Å². The summed E-state index contributed by atoms with van der Waals surface area (Å²) in [7, 11) is 1.74. The van der Waals surface area contributed by atoms with Crippen LogP contribution >= 0.6 is 11.6 Å². The number of benzene rings is 1. The Bertz CT molecular complexity index is 596. The fraction of sp³-hybridized carbons (Fsp3) is 0.308. The Hall–Kier alpha value is -1.95. The highest BCUT2D eigenvalue weighted by atomic mass is 35.5. The predicted molar refractivity (Wildman–Crippen MR) is 74.5 cm³/mol. The van der Waals surface area contributed by atoms with E-state index < -0.39 is 0 Å². The van der Waals surface area contributed by atoms with Crippen LogP contribution in [0.3, 0.4) is 0 Å². The largest absolute Gasteiger partial charge is 0.464 e. The summed E-state index contributed by atoms with van der Waals surface area (Å²) in [4.78, 5) is 13.7. The molecule has 5 nitrogen and oxygen atoms in total. The Kier molecular flexibility index (Phi) is 4.68. The molecule has 2 aromatic rings. The van der Waals surface area contributed by atoms with Gasteiger partial charge in [-0.15, -0.1) is 0 Å². The summed E-state index contributed by atoms with van der Waals surface area (Å²) in [5.41, 5.74) is 0.546. The molecule has 106 valence electrons. The van der Waals surface area contributed by atoms with E-state index in [1.807, 2.05) is 6.92 Å². The van der Waals surface area contributed by atoms with Gasteiger partial charge in [0.15, 0.2) is 0 Å². The summed E-state index contributed by atoms with van der Waals surface area (Å²) in [5.74, 6) is 0.0567. The summed E-state index contributed by atoms with van der Waals surface area (Å²) >= 11 is 5.82. The van der Waals surface area contributed by atoms with Gasteiger partial charge in [-0.1, -0.05) is 18.2 Å². The van der Waals surface area contributed by atoms with Gasteiger partial charge in [-0.3, -0.25) is 0 Å². The quantitative estimate of drug-likeness (QED) is 0.849. The maximum Gasteiger partial charge on any atom is 0.322 e. The first-order valence-corrected chi connectivity index (χ1v) is 6.47. The van der Waals surface area contributed by atoms with Crippen LogP contribution in [0.5, 0.6) is 6.01 Å². The van der Waals surface area contributed by atoms with E-state index in [4.69, 9.17) is 16.3 Å². The summed E-state index contributed by atoms with van der Waals surface area (Å²) < 4.78 is 18.8. The van der Waals surface area contributed by atoms with Gasteiger partial charge in [0.25, 0.3) is 0 Å². The molecule has 0 atom stereocenters.